The van der Waals surface area contributed by atoms with Crippen LogP contribution < -0.4 is 0 Å². The largest absolute Gasteiger partial charge is 0.381 e. The summed E-state index contributed by atoms with van der Waals surface area (Å²) < 4.78 is 18.0. The second-order valence-corrected chi connectivity index (χ2v) is 2.85. The Hall–Kier alpha value is -0.0451. The van der Waals surface area contributed by atoms with E-state index in [-0.39, 0.29) is 12.0 Å². The molecule has 1 aliphatic heterocycles. The zero-order valence-corrected chi connectivity index (χ0v) is 6.38. The van der Waals surface area contributed by atoms with Crippen LogP contribution in [-0.4, -0.2) is 26.1 Å². The first-order chi connectivity index (χ1) is 4.66. The van der Waals surface area contributed by atoms with Gasteiger partial charge < -0.3 is 4.74 Å². The van der Waals surface area contributed by atoms with Crippen LogP contribution in [0.25, 0.3) is 0 Å². The fourth-order valence-electron chi connectivity index (χ4n) is 1.37. The van der Waals surface area contributed by atoms with Crippen LogP contribution in [0, 0.1) is 5.92 Å². The first-order valence-electron chi connectivity index (χ1n) is 3.72. The summed E-state index contributed by atoms with van der Waals surface area (Å²) in [4.78, 5) is 0. The molecule has 1 heterocycles. The molecule has 0 aliphatic carbocycles. The highest BCUT2D eigenvalue weighted by Crippen LogP contribution is 2.29. The third-order valence-electron chi connectivity index (χ3n) is 2.14. The number of hydrogen-bond donors (Lipinski definition) is 0. The molecule has 1 nitrogen and oxygen atoms in total. The highest BCUT2D eigenvalue weighted by Gasteiger charge is 2.37. The van der Waals surface area contributed by atoms with Crippen LogP contribution in [0.4, 0.5) is 4.39 Å². The van der Waals surface area contributed by atoms with E-state index in [1.165, 1.54) is 0 Å². The minimum atomic E-state index is -0.982. The van der Waals surface area contributed by atoms with E-state index >= 15 is 0 Å². The smallest absolute Gasteiger partial charge is 0.123 e. The lowest BCUT2D eigenvalue weighted by atomic mass is 9.89. The Balaban J connectivity index is 2.53. The van der Waals surface area contributed by atoms with Gasteiger partial charge in [-0.05, 0) is 6.42 Å². The van der Waals surface area contributed by atoms with Gasteiger partial charge in [-0.15, -0.1) is 0 Å². The van der Waals surface area contributed by atoms with Crippen LogP contribution in [0.15, 0.2) is 0 Å². The molecule has 4 unspecified atom stereocenters. The standard InChI is InChI=1S/C7H12BFO/c1-3-5-4(2)6(9)7(8)10-5/h4-7H,3H2,1-2H3. The van der Waals surface area contributed by atoms with Crippen molar-refractivity contribution in [3.05, 3.63) is 0 Å². The zero-order valence-electron chi connectivity index (χ0n) is 6.38. The first-order valence-corrected chi connectivity index (χ1v) is 3.72. The van der Waals surface area contributed by atoms with E-state index in [0.29, 0.717) is 0 Å². The first kappa shape index (κ1) is 8.06. The Bertz CT molecular complexity index is 120. The minimum Gasteiger partial charge on any atom is -0.381 e. The van der Waals surface area contributed by atoms with Crippen LogP contribution in [0.2, 0.25) is 0 Å². The molecule has 1 fully saturated rings. The van der Waals surface area contributed by atoms with Gasteiger partial charge in [-0.1, -0.05) is 13.8 Å². The van der Waals surface area contributed by atoms with Gasteiger partial charge in [0, 0.05) is 11.9 Å². The number of hydrogen-bond acceptors (Lipinski definition) is 1. The van der Waals surface area contributed by atoms with Crippen LogP contribution in [0.5, 0.6) is 0 Å². The fourth-order valence-corrected chi connectivity index (χ4v) is 1.37. The van der Waals surface area contributed by atoms with Crippen LogP contribution in [0.3, 0.4) is 0 Å². The molecule has 0 aromatic heterocycles. The Labute approximate surface area is 62.4 Å². The summed E-state index contributed by atoms with van der Waals surface area (Å²) in [5.74, 6) is -0.0417. The second kappa shape index (κ2) is 2.91. The number of ether oxygens (including phenoxy) is 1. The number of halogens is 1. The zero-order chi connectivity index (χ0) is 7.72. The maximum Gasteiger partial charge on any atom is 0.123 e. The molecule has 0 saturated carbocycles. The van der Waals surface area contributed by atoms with E-state index in [0.717, 1.165) is 6.42 Å². The van der Waals surface area contributed by atoms with Crippen LogP contribution in [0.1, 0.15) is 20.3 Å². The summed E-state index contributed by atoms with van der Waals surface area (Å²) in [5.41, 5.74) is 0. The summed E-state index contributed by atoms with van der Waals surface area (Å²) in [7, 11) is 5.34. The summed E-state index contributed by atoms with van der Waals surface area (Å²) in [6.07, 6.45) is -0.120. The van der Waals surface area contributed by atoms with Crippen molar-refractivity contribution in [2.75, 3.05) is 0 Å². The molecule has 1 saturated heterocycles. The SMILES string of the molecule is [B]C1OC(CC)C(C)C1F. The predicted octanol–water partition coefficient (Wildman–Crippen LogP) is 1.26. The molecule has 0 bridgehead atoms. The molecule has 0 amide bonds. The van der Waals surface area contributed by atoms with Gasteiger partial charge in [0.05, 0.1) is 6.10 Å². The quantitative estimate of drug-likeness (QED) is 0.501. The van der Waals surface area contributed by atoms with E-state index in [1.807, 2.05) is 13.8 Å². The summed E-state index contributed by atoms with van der Waals surface area (Å²) >= 11 is 0. The van der Waals surface area contributed by atoms with E-state index in [4.69, 9.17) is 12.6 Å². The van der Waals surface area contributed by atoms with Gasteiger partial charge in [0.15, 0.2) is 0 Å². The van der Waals surface area contributed by atoms with E-state index in [2.05, 4.69) is 0 Å². The molecule has 1 rings (SSSR count). The van der Waals surface area contributed by atoms with Crippen LogP contribution >= 0.6 is 0 Å². The van der Waals surface area contributed by atoms with Crippen molar-refractivity contribution < 1.29 is 9.13 Å². The van der Waals surface area contributed by atoms with E-state index in [1.54, 1.807) is 0 Å². The van der Waals surface area contributed by atoms with Gasteiger partial charge >= 0.3 is 0 Å². The average Bonchev–Trinajstić information content (AvgIpc) is 2.17. The Morgan fingerprint density at radius 1 is 1.60 bits per heavy atom. The van der Waals surface area contributed by atoms with Gasteiger partial charge in [-0.2, -0.15) is 0 Å². The molecule has 1 aliphatic rings. The number of rotatable bonds is 1. The van der Waals surface area contributed by atoms with Crippen molar-refractivity contribution in [1.29, 1.82) is 0 Å². The van der Waals surface area contributed by atoms with Gasteiger partial charge in [-0.3, -0.25) is 0 Å². The minimum absolute atomic E-state index is 0.0185. The Morgan fingerprint density at radius 3 is 2.40 bits per heavy atom. The maximum atomic E-state index is 12.9. The molecule has 4 atom stereocenters. The third kappa shape index (κ3) is 1.19. The molecule has 3 heteroatoms. The van der Waals surface area contributed by atoms with E-state index < -0.39 is 12.2 Å². The van der Waals surface area contributed by atoms with Crippen LogP contribution in [-0.2, 0) is 4.74 Å². The van der Waals surface area contributed by atoms with Crippen molar-refractivity contribution in [2.45, 2.75) is 38.5 Å². The normalized spacial score (nSPS) is 47.9. The molecule has 0 aromatic rings. The molecule has 56 valence electrons. The highest BCUT2D eigenvalue weighted by atomic mass is 19.1. The molecule has 10 heavy (non-hydrogen) atoms. The Kier molecular flexibility index (Phi) is 2.34. The highest BCUT2D eigenvalue weighted by molar-refractivity contribution is 6.11. The van der Waals surface area contributed by atoms with Gasteiger partial charge in [0.25, 0.3) is 0 Å². The molecule has 2 radical (unpaired) electrons. The maximum absolute atomic E-state index is 12.9. The van der Waals surface area contributed by atoms with Gasteiger partial charge in [-0.25, -0.2) is 4.39 Å². The molecular weight excluding hydrogens is 130 g/mol. The molecule has 0 N–H and O–H groups in total. The summed E-state index contributed by atoms with van der Waals surface area (Å²) in [6.45, 7) is 3.82. The number of alkyl halides is 1. The monoisotopic (exact) mass is 142 g/mol. The lowest BCUT2D eigenvalue weighted by molar-refractivity contribution is 0.0674. The molecular formula is C7H12BFO. The Morgan fingerprint density at radius 2 is 2.20 bits per heavy atom. The molecule has 0 spiro atoms. The van der Waals surface area contributed by atoms with Crippen molar-refractivity contribution in [2.24, 2.45) is 5.92 Å². The molecule has 0 aromatic carbocycles. The van der Waals surface area contributed by atoms with E-state index in [9.17, 15) is 4.39 Å². The van der Waals surface area contributed by atoms with Crippen molar-refractivity contribution in [3.8, 4) is 0 Å². The van der Waals surface area contributed by atoms with Crippen molar-refractivity contribution in [1.82, 2.24) is 0 Å². The lowest BCUT2D eigenvalue weighted by Gasteiger charge is -2.11. The van der Waals surface area contributed by atoms with Crippen molar-refractivity contribution in [3.63, 3.8) is 0 Å². The second-order valence-electron chi connectivity index (χ2n) is 2.85. The summed E-state index contributed by atoms with van der Waals surface area (Å²) in [6, 6.07) is -0.694. The third-order valence-corrected chi connectivity index (χ3v) is 2.14. The van der Waals surface area contributed by atoms with Gasteiger partial charge in [0.1, 0.15) is 14.0 Å². The summed E-state index contributed by atoms with van der Waals surface area (Å²) in [5, 5.41) is 0. The topological polar surface area (TPSA) is 9.23 Å². The predicted molar refractivity (Wildman–Crippen MR) is 38.8 cm³/mol. The van der Waals surface area contributed by atoms with Crippen molar-refractivity contribution >= 4 is 7.85 Å². The fraction of sp³-hybridized carbons (Fsp3) is 1.00. The average molecular weight is 142 g/mol. The lowest BCUT2D eigenvalue weighted by Crippen LogP contribution is -2.20. The van der Waals surface area contributed by atoms with Gasteiger partial charge in [0.2, 0.25) is 0 Å².